The highest BCUT2D eigenvalue weighted by atomic mass is 16.5. The second-order valence-corrected chi connectivity index (χ2v) is 5.83. The number of hydrogen-bond acceptors (Lipinski definition) is 3. The number of methoxy groups -OCH3 is 1. The second kappa shape index (κ2) is 10.1. The fourth-order valence-electron chi connectivity index (χ4n) is 2.49. The summed E-state index contributed by atoms with van der Waals surface area (Å²) < 4.78 is 5.16. The average molecular weight is 354 g/mol. The Bertz CT molecular complexity index is 742. The van der Waals surface area contributed by atoms with Crippen molar-refractivity contribution in [2.75, 3.05) is 26.0 Å². The lowest BCUT2D eigenvalue weighted by molar-refractivity contribution is -0.114. The lowest BCUT2D eigenvalue weighted by Crippen LogP contribution is -2.37. The van der Waals surface area contributed by atoms with Crippen LogP contribution in [-0.4, -0.2) is 32.6 Å². The number of carbonyl (C=O) groups is 1. The van der Waals surface area contributed by atoms with Gasteiger partial charge in [0.15, 0.2) is 5.96 Å². The molecule has 0 aliphatic carbocycles. The van der Waals surface area contributed by atoms with Gasteiger partial charge in [-0.15, -0.1) is 0 Å². The number of guanidine groups is 1. The minimum absolute atomic E-state index is 0.0777. The SMILES string of the molecule is CN=C(NCCc1ccc(OC)cc1)NCc1cccc(NC(C)=O)c1. The zero-order chi connectivity index (χ0) is 18.8. The molecule has 2 rings (SSSR count). The van der Waals surface area contributed by atoms with Crippen molar-refractivity contribution in [3.8, 4) is 5.75 Å². The van der Waals surface area contributed by atoms with Gasteiger partial charge in [-0.3, -0.25) is 9.79 Å². The highest BCUT2D eigenvalue weighted by Gasteiger charge is 2.01. The number of nitrogens with zero attached hydrogens (tertiary/aromatic N) is 1. The summed E-state index contributed by atoms with van der Waals surface area (Å²) in [4.78, 5) is 15.4. The number of rotatable bonds is 7. The van der Waals surface area contributed by atoms with Crippen molar-refractivity contribution in [2.24, 2.45) is 4.99 Å². The molecule has 0 unspecified atom stereocenters. The summed E-state index contributed by atoms with van der Waals surface area (Å²) in [5.74, 6) is 1.52. The van der Waals surface area contributed by atoms with Crippen LogP contribution in [0, 0.1) is 0 Å². The van der Waals surface area contributed by atoms with Gasteiger partial charge in [0, 0.05) is 32.7 Å². The zero-order valence-corrected chi connectivity index (χ0v) is 15.5. The van der Waals surface area contributed by atoms with Gasteiger partial charge in [-0.05, 0) is 41.8 Å². The summed E-state index contributed by atoms with van der Waals surface area (Å²) in [7, 11) is 3.41. The number of aliphatic imine (C=N–C) groups is 1. The van der Waals surface area contributed by atoms with Crippen molar-refractivity contribution in [1.29, 1.82) is 0 Å². The largest absolute Gasteiger partial charge is 0.497 e. The normalized spacial score (nSPS) is 11.0. The molecule has 0 radical (unpaired) electrons. The second-order valence-electron chi connectivity index (χ2n) is 5.83. The van der Waals surface area contributed by atoms with Gasteiger partial charge in [0.1, 0.15) is 5.75 Å². The van der Waals surface area contributed by atoms with Gasteiger partial charge in [-0.2, -0.15) is 0 Å². The average Bonchev–Trinajstić information content (AvgIpc) is 2.65. The highest BCUT2D eigenvalue weighted by molar-refractivity contribution is 5.88. The van der Waals surface area contributed by atoms with E-state index < -0.39 is 0 Å². The fraction of sp³-hybridized carbons (Fsp3) is 0.300. The van der Waals surface area contributed by atoms with Crippen LogP contribution in [0.2, 0.25) is 0 Å². The summed E-state index contributed by atoms with van der Waals surface area (Å²) in [6.07, 6.45) is 0.892. The molecule has 1 amide bonds. The molecule has 138 valence electrons. The fourth-order valence-corrected chi connectivity index (χ4v) is 2.49. The molecule has 0 saturated carbocycles. The van der Waals surface area contributed by atoms with Crippen LogP contribution in [-0.2, 0) is 17.8 Å². The van der Waals surface area contributed by atoms with E-state index in [2.05, 4.69) is 33.1 Å². The Kier molecular flexibility index (Phi) is 7.49. The third-order valence-corrected chi connectivity index (χ3v) is 3.80. The van der Waals surface area contributed by atoms with E-state index >= 15 is 0 Å². The van der Waals surface area contributed by atoms with E-state index in [9.17, 15) is 4.79 Å². The van der Waals surface area contributed by atoms with Crippen molar-refractivity contribution in [2.45, 2.75) is 19.9 Å². The Morgan fingerprint density at radius 2 is 1.85 bits per heavy atom. The molecule has 26 heavy (non-hydrogen) atoms. The lowest BCUT2D eigenvalue weighted by Gasteiger charge is -2.13. The molecular weight excluding hydrogens is 328 g/mol. The van der Waals surface area contributed by atoms with Crippen molar-refractivity contribution in [1.82, 2.24) is 10.6 Å². The Balaban J connectivity index is 1.79. The minimum atomic E-state index is -0.0777. The Hall–Kier alpha value is -3.02. The molecule has 0 bridgehead atoms. The summed E-state index contributed by atoms with van der Waals surface area (Å²) in [5, 5.41) is 9.36. The third-order valence-electron chi connectivity index (χ3n) is 3.80. The molecule has 0 spiro atoms. The van der Waals surface area contributed by atoms with Crippen LogP contribution >= 0.6 is 0 Å². The van der Waals surface area contributed by atoms with Crippen LogP contribution in [0.3, 0.4) is 0 Å². The molecule has 6 heteroatoms. The quantitative estimate of drug-likeness (QED) is 0.528. The molecule has 0 heterocycles. The van der Waals surface area contributed by atoms with E-state index in [1.165, 1.54) is 12.5 Å². The van der Waals surface area contributed by atoms with Gasteiger partial charge in [-0.25, -0.2) is 0 Å². The third kappa shape index (κ3) is 6.47. The van der Waals surface area contributed by atoms with E-state index in [0.717, 1.165) is 35.9 Å². The van der Waals surface area contributed by atoms with Crippen LogP contribution in [0.25, 0.3) is 0 Å². The molecule has 6 nitrogen and oxygen atoms in total. The first kappa shape index (κ1) is 19.3. The van der Waals surface area contributed by atoms with Gasteiger partial charge in [0.2, 0.25) is 5.91 Å². The topological polar surface area (TPSA) is 74.8 Å². The molecule has 2 aromatic carbocycles. The minimum Gasteiger partial charge on any atom is -0.497 e. The monoisotopic (exact) mass is 354 g/mol. The zero-order valence-electron chi connectivity index (χ0n) is 15.5. The maximum atomic E-state index is 11.1. The molecule has 0 saturated heterocycles. The number of benzene rings is 2. The van der Waals surface area contributed by atoms with Gasteiger partial charge >= 0.3 is 0 Å². The van der Waals surface area contributed by atoms with Gasteiger partial charge < -0.3 is 20.7 Å². The summed E-state index contributed by atoms with van der Waals surface area (Å²) in [5.41, 5.74) is 3.09. The van der Waals surface area contributed by atoms with Crippen LogP contribution in [0.4, 0.5) is 5.69 Å². The maximum Gasteiger partial charge on any atom is 0.221 e. The smallest absolute Gasteiger partial charge is 0.221 e. The van der Waals surface area contributed by atoms with E-state index in [0.29, 0.717) is 6.54 Å². The molecule has 0 aliphatic heterocycles. The lowest BCUT2D eigenvalue weighted by atomic mass is 10.1. The van der Waals surface area contributed by atoms with Gasteiger partial charge in [0.05, 0.1) is 7.11 Å². The molecule has 0 aliphatic rings. The highest BCUT2D eigenvalue weighted by Crippen LogP contribution is 2.11. The molecule has 3 N–H and O–H groups in total. The number of carbonyl (C=O) groups excluding carboxylic acids is 1. The molecular formula is C20H26N4O2. The predicted octanol–water partition coefficient (Wildman–Crippen LogP) is 2.56. The Morgan fingerprint density at radius 1 is 1.08 bits per heavy atom. The van der Waals surface area contributed by atoms with E-state index in [-0.39, 0.29) is 5.91 Å². The molecule has 0 atom stereocenters. The van der Waals surface area contributed by atoms with Gasteiger partial charge in [-0.1, -0.05) is 24.3 Å². The van der Waals surface area contributed by atoms with Crippen molar-refractivity contribution < 1.29 is 9.53 Å². The van der Waals surface area contributed by atoms with E-state index in [1.54, 1.807) is 14.2 Å². The van der Waals surface area contributed by atoms with E-state index in [4.69, 9.17) is 4.74 Å². The van der Waals surface area contributed by atoms with Crippen LogP contribution < -0.4 is 20.7 Å². The number of anilines is 1. The first-order valence-corrected chi connectivity index (χ1v) is 8.54. The van der Waals surface area contributed by atoms with Crippen molar-refractivity contribution >= 4 is 17.6 Å². The number of nitrogens with one attached hydrogen (secondary N) is 3. The van der Waals surface area contributed by atoms with Crippen LogP contribution in [0.1, 0.15) is 18.1 Å². The molecule has 0 aromatic heterocycles. The first-order valence-electron chi connectivity index (χ1n) is 8.54. The molecule has 2 aromatic rings. The standard InChI is InChI=1S/C20H26N4O2/c1-15(25)24-18-6-4-5-17(13-18)14-23-20(21-2)22-12-11-16-7-9-19(26-3)10-8-16/h4-10,13H,11-12,14H2,1-3H3,(H,24,25)(H2,21,22,23). The number of hydrogen-bond donors (Lipinski definition) is 3. The van der Waals surface area contributed by atoms with Crippen LogP contribution in [0.5, 0.6) is 5.75 Å². The Morgan fingerprint density at radius 3 is 2.50 bits per heavy atom. The predicted molar refractivity (Wildman–Crippen MR) is 106 cm³/mol. The molecule has 0 fully saturated rings. The first-order chi connectivity index (χ1) is 12.6. The number of ether oxygens (including phenoxy) is 1. The summed E-state index contributed by atoms with van der Waals surface area (Å²) in [6, 6.07) is 15.8. The van der Waals surface area contributed by atoms with Crippen molar-refractivity contribution in [3.63, 3.8) is 0 Å². The van der Waals surface area contributed by atoms with Gasteiger partial charge in [0.25, 0.3) is 0 Å². The number of amides is 1. The van der Waals surface area contributed by atoms with E-state index in [1.807, 2.05) is 36.4 Å². The maximum absolute atomic E-state index is 11.1. The Labute approximate surface area is 154 Å². The summed E-state index contributed by atoms with van der Waals surface area (Å²) >= 11 is 0. The van der Waals surface area contributed by atoms with Crippen LogP contribution in [0.15, 0.2) is 53.5 Å². The van der Waals surface area contributed by atoms with Crippen molar-refractivity contribution in [3.05, 3.63) is 59.7 Å². The summed E-state index contributed by atoms with van der Waals surface area (Å²) in [6.45, 7) is 2.90.